The number of aliphatic hydroxyl groups is 1. The van der Waals surface area contributed by atoms with Crippen LogP contribution in [0.4, 0.5) is 5.69 Å². The first-order chi connectivity index (χ1) is 6.86. The number of aliphatic hydroxyl groups excluding tert-OH is 1. The maximum atomic E-state index is 8.58. The van der Waals surface area contributed by atoms with Gasteiger partial charge in [0.25, 0.3) is 0 Å². The Hall–Kier alpha value is -1.26. The van der Waals surface area contributed by atoms with Crippen LogP contribution in [0.15, 0.2) is 24.3 Å². The van der Waals surface area contributed by atoms with E-state index in [0.717, 1.165) is 18.0 Å². The molecule has 4 nitrogen and oxygen atoms in total. The fourth-order valence-electron chi connectivity index (χ4n) is 1.08. The third-order valence-corrected chi connectivity index (χ3v) is 1.67. The number of ether oxygens (including phenoxy) is 1. The molecule has 0 aromatic heterocycles. The maximum Gasteiger partial charge on any atom is 0.121 e. The van der Waals surface area contributed by atoms with Crippen molar-refractivity contribution in [2.75, 3.05) is 31.6 Å². The Morgan fingerprint density at radius 2 is 2.29 bits per heavy atom. The monoisotopic (exact) mass is 196 g/mol. The summed E-state index contributed by atoms with van der Waals surface area (Å²) < 4.78 is 5.25. The van der Waals surface area contributed by atoms with Gasteiger partial charge in [-0.25, -0.2) is 0 Å². The highest BCUT2D eigenvalue weighted by molar-refractivity contribution is 5.48. The zero-order valence-electron chi connectivity index (χ0n) is 8.07. The smallest absolute Gasteiger partial charge is 0.121 e. The molecule has 0 aliphatic carbocycles. The van der Waals surface area contributed by atoms with E-state index in [2.05, 4.69) is 5.32 Å². The van der Waals surface area contributed by atoms with Crippen LogP contribution < -0.4 is 15.8 Å². The van der Waals surface area contributed by atoms with Crippen LogP contribution in [0, 0.1) is 0 Å². The molecule has 4 heteroatoms. The van der Waals surface area contributed by atoms with E-state index in [0.29, 0.717) is 13.2 Å². The number of anilines is 1. The molecule has 1 aromatic carbocycles. The van der Waals surface area contributed by atoms with Gasteiger partial charge in [-0.05, 0) is 12.1 Å². The van der Waals surface area contributed by atoms with E-state index in [4.69, 9.17) is 15.6 Å². The summed E-state index contributed by atoms with van der Waals surface area (Å²) in [5.41, 5.74) is 6.35. The fourth-order valence-corrected chi connectivity index (χ4v) is 1.08. The standard InChI is InChI=1S/C10H16N2O2/c11-4-5-12-9-2-1-3-10(8-9)14-7-6-13/h1-3,8,12-13H,4-7,11H2. The molecule has 0 radical (unpaired) electrons. The quantitative estimate of drug-likeness (QED) is 0.617. The topological polar surface area (TPSA) is 67.5 Å². The van der Waals surface area contributed by atoms with Crippen LogP contribution in [0.25, 0.3) is 0 Å². The average Bonchev–Trinajstić information content (AvgIpc) is 2.24. The summed E-state index contributed by atoms with van der Waals surface area (Å²) in [5.74, 6) is 0.751. The lowest BCUT2D eigenvalue weighted by Crippen LogP contribution is -2.13. The largest absolute Gasteiger partial charge is 0.491 e. The summed E-state index contributed by atoms with van der Waals surface area (Å²) in [7, 11) is 0. The Labute approximate surface area is 83.7 Å². The molecule has 0 bridgehead atoms. The third kappa shape index (κ3) is 3.64. The molecule has 0 spiro atoms. The lowest BCUT2D eigenvalue weighted by molar-refractivity contribution is 0.201. The first-order valence-electron chi connectivity index (χ1n) is 4.64. The predicted octanol–water partition coefficient (Wildman–Crippen LogP) is 0.428. The first kappa shape index (κ1) is 10.8. The van der Waals surface area contributed by atoms with Crippen LogP contribution >= 0.6 is 0 Å². The second-order valence-electron chi connectivity index (χ2n) is 2.82. The van der Waals surface area contributed by atoms with E-state index in [1.54, 1.807) is 0 Å². The van der Waals surface area contributed by atoms with Gasteiger partial charge in [0, 0.05) is 24.8 Å². The summed E-state index contributed by atoms with van der Waals surface area (Å²) >= 11 is 0. The summed E-state index contributed by atoms with van der Waals surface area (Å²) in [6, 6.07) is 7.57. The van der Waals surface area contributed by atoms with E-state index in [9.17, 15) is 0 Å². The van der Waals surface area contributed by atoms with E-state index in [1.165, 1.54) is 0 Å². The predicted molar refractivity (Wildman–Crippen MR) is 56.6 cm³/mol. The Morgan fingerprint density at radius 3 is 3.00 bits per heavy atom. The molecule has 0 saturated carbocycles. The molecule has 0 aliphatic rings. The van der Waals surface area contributed by atoms with Gasteiger partial charge in [-0.15, -0.1) is 0 Å². The van der Waals surface area contributed by atoms with Gasteiger partial charge in [0.1, 0.15) is 12.4 Å². The highest BCUT2D eigenvalue weighted by atomic mass is 16.5. The zero-order valence-corrected chi connectivity index (χ0v) is 8.07. The van der Waals surface area contributed by atoms with Crippen molar-refractivity contribution < 1.29 is 9.84 Å². The molecule has 1 rings (SSSR count). The van der Waals surface area contributed by atoms with E-state index in [1.807, 2.05) is 24.3 Å². The minimum Gasteiger partial charge on any atom is -0.491 e. The van der Waals surface area contributed by atoms with Crippen molar-refractivity contribution in [3.63, 3.8) is 0 Å². The van der Waals surface area contributed by atoms with Crippen LogP contribution in [-0.2, 0) is 0 Å². The molecule has 0 atom stereocenters. The average molecular weight is 196 g/mol. The van der Waals surface area contributed by atoms with Gasteiger partial charge >= 0.3 is 0 Å². The van der Waals surface area contributed by atoms with Crippen molar-refractivity contribution in [3.8, 4) is 5.75 Å². The van der Waals surface area contributed by atoms with Crippen LogP contribution in [-0.4, -0.2) is 31.4 Å². The lowest BCUT2D eigenvalue weighted by atomic mass is 10.3. The second-order valence-corrected chi connectivity index (χ2v) is 2.82. The van der Waals surface area contributed by atoms with Gasteiger partial charge in [0.2, 0.25) is 0 Å². The van der Waals surface area contributed by atoms with Gasteiger partial charge in [-0.2, -0.15) is 0 Å². The molecule has 14 heavy (non-hydrogen) atoms. The molecule has 4 N–H and O–H groups in total. The van der Waals surface area contributed by atoms with Crippen molar-refractivity contribution in [1.29, 1.82) is 0 Å². The molecule has 0 heterocycles. The highest BCUT2D eigenvalue weighted by Crippen LogP contribution is 2.16. The molecular weight excluding hydrogens is 180 g/mol. The Bertz CT molecular complexity index is 243. The van der Waals surface area contributed by atoms with E-state index in [-0.39, 0.29) is 6.61 Å². The van der Waals surface area contributed by atoms with Crippen LogP contribution in [0.3, 0.4) is 0 Å². The SMILES string of the molecule is NCCNc1cccc(OCCO)c1. The molecule has 1 aromatic rings. The molecule has 0 aliphatic heterocycles. The van der Waals surface area contributed by atoms with Crippen molar-refractivity contribution in [2.24, 2.45) is 5.73 Å². The van der Waals surface area contributed by atoms with Crippen molar-refractivity contribution >= 4 is 5.69 Å². The van der Waals surface area contributed by atoms with Crippen LogP contribution in [0.1, 0.15) is 0 Å². The van der Waals surface area contributed by atoms with Crippen molar-refractivity contribution in [1.82, 2.24) is 0 Å². The van der Waals surface area contributed by atoms with E-state index < -0.39 is 0 Å². The first-order valence-corrected chi connectivity index (χ1v) is 4.64. The minimum absolute atomic E-state index is 0.0282. The minimum atomic E-state index is 0.0282. The summed E-state index contributed by atoms with van der Waals surface area (Å²) in [4.78, 5) is 0. The number of nitrogens with one attached hydrogen (secondary N) is 1. The highest BCUT2D eigenvalue weighted by Gasteiger charge is 1.95. The number of benzene rings is 1. The third-order valence-electron chi connectivity index (χ3n) is 1.67. The molecule has 0 fully saturated rings. The van der Waals surface area contributed by atoms with Crippen molar-refractivity contribution in [2.45, 2.75) is 0 Å². The zero-order chi connectivity index (χ0) is 10.2. The van der Waals surface area contributed by atoms with Crippen LogP contribution in [0.2, 0.25) is 0 Å². The van der Waals surface area contributed by atoms with Gasteiger partial charge in [-0.1, -0.05) is 6.07 Å². The van der Waals surface area contributed by atoms with Crippen LogP contribution in [0.5, 0.6) is 5.75 Å². The molecule has 78 valence electrons. The van der Waals surface area contributed by atoms with Gasteiger partial charge in [0.15, 0.2) is 0 Å². The number of nitrogens with two attached hydrogens (primary N) is 1. The maximum absolute atomic E-state index is 8.58. The normalized spacial score (nSPS) is 9.86. The molecule has 0 saturated heterocycles. The lowest BCUT2D eigenvalue weighted by Gasteiger charge is -2.07. The Kier molecular flexibility index (Phi) is 4.82. The van der Waals surface area contributed by atoms with Gasteiger partial charge in [0.05, 0.1) is 6.61 Å². The summed E-state index contributed by atoms with van der Waals surface area (Å²) in [6.07, 6.45) is 0. The van der Waals surface area contributed by atoms with Crippen molar-refractivity contribution in [3.05, 3.63) is 24.3 Å². The molecular formula is C10H16N2O2. The molecule has 0 unspecified atom stereocenters. The number of hydrogen-bond acceptors (Lipinski definition) is 4. The molecule has 0 amide bonds. The van der Waals surface area contributed by atoms with Gasteiger partial charge < -0.3 is 20.9 Å². The summed E-state index contributed by atoms with van der Waals surface area (Å²) in [6.45, 7) is 1.69. The van der Waals surface area contributed by atoms with Gasteiger partial charge in [-0.3, -0.25) is 0 Å². The summed E-state index contributed by atoms with van der Waals surface area (Å²) in [5, 5.41) is 11.7. The fraction of sp³-hybridized carbons (Fsp3) is 0.400. The Morgan fingerprint density at radius 1 is 1.43 bits per heavy atom. The van der Waals surface area contributed by atoms with E-state index >= 15 is 0 Å². The number of rotatable bonds is 6. The Balaban J connectivity index is 2.50. The second kappa shape index (κ2) is 6.23. The number of hydrogen-bond donors (Lipinski definition) is 3.